The molecule has 0 aliphatic rings. The van der Waals surface area contributed by atoms with Gasteiger partial charge in [0.25, 0.3) is 0 Å². The second kappa shape index (κ2) is 6.72. The monoisotopic (exact) mass is 287 g/mol. The minimum atomic E-state index is -0.336. The van der Waals surface area contributed by atoms with Gasteiger partial charge in [-0.25, -0.2) is 4.39 Å². The maximum atomic E-state index is 14.1. The first-order valence-corrected chi connectivity index (χ1v) is 7.22. The molecule has 2 aromatic carbocycles. The fourth-order valence-corrected chi connectivity index (χ4v) is 2.23. The third-order valence-corrected chi connectivity index (χ3v) is 3.16. The van der Waals surface area contributed by atoms with Gasteiger partial charge in [-0.3, -0.25) is 0 Å². The number of nitrogens with one attached hydrogen (secondary N) is 1. The van der Waals surface area contributed by atoms with Crippen molar-refractivity contribution in [2.75, 3.05) is 0 Å². The second-order valence-corrected chi connectivity index (χ2v) is 5.69. The maximum absolute atomic E-state index is 14.1. The van der Waals surface area contributed by atoms with E-state index in [1.54, 1.807) is 6.07 Å². The van der Waals surface area contributed by atoms with E-state index in [1.807, 2.05) is 32.0 Å². The molecule has 0 fully saturated rings. The second-order valence-electron chi connectivity index (χ2n) is 5.69. The van der Waals surface area contributed by atoms with Crippen molar-refractivity contribution in [2.45, 2.75) is 40.3 Å². The van der Waals surface area contributed by atoms with E-state index in [9.17, 15) is 4.39 Å². The van der Waals surface area contributed by atoms with Gasteiger partial charge in [-0.15, -0.1) is 0 Å². The largest absolute Gasteiger partial charge is 0.454 e. The van der Waals surface area contributed by atoms with Gasteiger partial charge in [0.2, 0.25) is 0 Å². The van der Waals surface area contributed by atoms with Crippen LogP contribution in [0.3, 0.4) is 0 Å². The zero-order valence-electron chi connectivity index (χ0n) is 13.0. The molecule has 2 nitrogen and oxygen atoms in total. The Morgan fingerprint density at radius 2 is 1.76 bits per heavy atom. The third-order valence-electron chi connectivity index (χ3n) is 3.16. The smallest absolute Gasteiger partial charge is 0.167 e. The van der Waals surface area contributed by atoms with Gasteiger partial charge < -0.3 is 10.1 Å². The van der Waals surface area contributed by atoms with Crippen LogP contribution in [0.25, 0.3) is 0 Å². The van der Waals surface area contributed by atoms with Gasteiger partial charge in [0.1, 0.15) is 5.75 Å². The third kappa shape index (κ3) is 4.30. The number of para-hydroxylation sites is 1. The molecule has 0 spiro atoms. The molecule has 21 heavy (non-hydrogen) atoms. The van der Waals surface area contributed by atoms with Gasteiger partial charge in [-0.1, -0.05) is 32.0 Å². The van der Waals surface area contributed by atoms with E-state index in [0.717, 1.165) is 16.7 Å². The van der Waals surface area contributed by atoms with Crippen LogP contribution >= 0.6 is 0 Å². The molecule has 2 rings (SSSR count). The predicted octanol–water partition coefficient (Wildman–Crippen LogP) is 4.73. The van der Waals surface area contributed by atoms with E-state index in [4.69, 9.17) is 4.74 Å². The van der Waals surface area contributed by atoms with Crippen LogP contribution in [0, 0.1) is 19.7 Å². The Bertz CT molecular complexity index is 602. The first kappa shape index (κ1) is 15.5. The van der Waals surface area contributed by atoms with Crippen molar-refractivity contribution in [2.24, 2.45) is 0 Å². The quantitative estimate of drug-likeness (QED) is 0.858. The average molecular weight is 287 g/mol. The van der Waals surface area contributed by atoms with E-state index in [1.165, 1.54) is 6.07 Å². The topological polar surface area (TPSA) is 21.3 Å². The van der Waals surface area contributed by atoms with Crippen LogP contribution < -0.4 is 10.1 Å². The van der Waals surface area contributed by atoms with Gasteiger partial charge in [0.05, 0.1) is 0 Å². The number of ether oxygens (including phenoxy) is 1. The molecule has 0 aliphatic carbocycles. The highest BCUT2D eigenvalue weighted by Crippen LogP contribution is 2.29. The lowest BCUT2D eigenvalue weighted by molar-refractivity contribution is 0.431. The molecule has 112 valence electrons. The zero-order chi connectivity index (χ0) is 15.4. The molecular formula is C18H22FNO. The van der Waals surface area contributed by atoms with Crippen molar-refractivity contribution < 1.29 is 9.13 Å². The fourth-order valence-electron chi connectivity index (χ4n) is 2.23. The highest BCUT2D eigenvalue weighted by molar-refractivity contribution is 5.41. The van der Waals surface area contributed by atoms with Gasteiger partial charge >= 0.3 is 0 Å². The minimum absolute atomic E-state index is 0.302. The van der Waals surface area contributed by atoms with Crippen molar-refractivity contribution >= 4 is 0 Å². The number of rotatable bonds is 5. The molecule has 0 amide bonds. The summed E-state index contributed by atoms with van der Waals surface area (Å²) in [5.74, 6) is 0.635. The molecule has 0 saturated heterocycles. The van der Waals surface area contributed by atoms with Crippen molar-refractivity contribution in [3.05, 3.63) is 58.9 Å². The fraction of sp³-hybridized carbons (Fsp3) is 0.333. The summed E-state index contributed by atoms with van der Waals surface area (Å²) in [6, 6.07) is 11.3. The van der Waals surface area contributed by atoms with Crippen LogP contribution in [0.2, 0.25) is 0 Å². The maximum Gasteiger partial charge on any atom is 0.167 e. The lowest BCUT2D eigenvalue weighted by Gasteiger charge is -2.15. The molecule has 0 atom stereocenters. The van der Waals surface area contributed by atoms with Crippen LogP contribution in [0.1, 0.15) is 30.5 Å². The Balaban J connectivity index is 2.29. The molecule has 0 heterocycles. The zero-order valence-corrected chi connectivity index (χ0v) is 13.0. The van der Waals surface area contributed by atoms with Crippen molar-refractivity contribution in [1.29, 1.82) is 0 Å². The Morgan fingerprint density at radius 1 is 1.10 bits per heavy atom. The van der Waals surface area contributed by atoms with Crippen LogP contribution in [0.5, 0.6) is 11.5 Å². The average Bonchev–Trinajstić information content (AvgIpc) is 2.38. The summed E-state index contributed by atoms with van der Waals surface area (Å²) in [6.07, 6.45) is 0. The molecule has 0 bridgehead atoms. The molecule has 0 aromatic heterocycles. The Kier molecular flexibility index (Phi) is 4.97. The van der Waals surface area contributed by atoms with Crippen LogP contribution in [0.4, 0.5) is 4.39 Å². The SMILES string of the molecule is Cc1cc(C)cc(Oc2c(F)cccc2CNC(C)C)c1. The summed E-state index contributed by atoms with van der Waals surface area (Å²) in [6.45, 7) is 8.70. The highest BCUT2D eigenvalue weighted by atomic mass is 19.1. The molecule has 0 saturated carbocycles. The summed E-state index contributed by atoms with van der Waals surface area (Å²) >= 11 is 0. The lowest BCUT2D eigenvalue weighted by atomic mass is 10.1. The van der Waals surface area contributed by atoms with Crippen LogP contribution in [-0.2, 0) is 6.54 Å². The Labute approximate surface area is 126 Å². The van der Waals surface area contributed by atoms with E-state index in [2.05, 4.69) is 25.2 Å². The molecule has 0 unspecified atom stereocenters. The van der Waals surface area contributed by atoms with Crippen molar-refractivity contribution in [3.8, 4) is 11.5 Å². The van der Waals surface area contributed by atoms with Crippen LogP contribution in [0.15, 0.2) is 36.4 Å². The van der Waals surface area contributed by atoms with E-state index in [0.29, 0.717) is 24.1 Å². The van der Waals surface area contributed by atoms with Gasteiger partial charge in [-0.05, 0) is 43.2 Å². The summed E-state index contributed by atoms with van der Waals surface area (Å²) in [5, 5.41) is 3.29. The lowest BCUT2D eigenvalue weighted by Crippen LogP contribution is -2.22. The summed E-state index contributed by atoms with van der Waals surface area (Å²) in [4.78, 5) is 0. The number of hydrogen-bond donors (Lipinski definition) is 1. The van der Waals surface area contributed by atoms with Crippen molar-refractivity contribution in [3.63, 3.8) is 0 Å². The first-order chi connectivity index (χ1) is 9.95. The van der Waals surface area contributed by atoms with Gasteiger partial charge in [0, 0.05) is 18.2 Å². The Morgan fingerprint density at radius 3 is 2.38 bits per heavy atom. The molecule has 2 aromatic rings. The number of aryl methyl sites for hydroxylation is 2. The molecule has 0 radical (unpaired) electrons. The molecule has 0 aliphatic heterocycles. The number of benzene rings is 2. The van der Waals surface area contributed by atoms with E-state index < -0.39 is 0 Å². The van der Waals surface area contributed by atoms with Gasteiger partial charge in [0.15, 0.2) is 11.6 Å². The summed E-state index contributed by atoms with van der Waals surface area (Å²) in [5.41, 5.74) is 3.02. The van der Waals surface area contributed by atoms with Crippen molar-refractivity contribution in [1.82, 2.24) is 5.32 Å². The molecular weight excluding hydrogens is 265 g/mol. The Hall–Kier alpha value is -1.87. The van der Waals surface area contributed by atoms with Crippen LogP contribution in [-0.4, -0.2) is 6.04 Å². The van der Waals surface area contributed by atoms with Gasteiger partial charge in [-0.2, -0.15) is 0 Å². The number of hydrogen-bond acceptors (Lipinski definition) is 2. The molecule has 3 heteroatoms. The molecule has 1 N–H and O–H groups in total. The first-order valence-electron chi connectivity index (χ1n) is 7.22. The number of halogens is 1. The minimum Gasteiger partial charge on any atom is -0.454 e. The standard InChI is InChI=1S/C18H22FNO/c1-12(2)20-11-15-6-5-7-17(19)18(15)21-16-9-13(3)8-14(4)10-16/h5-10,12,20H,11H2,1-4H3. The van der Waals surface area contributed by atoms with E-state index in [-0.39, 0.29) is 5.82 Å². The predicted molar refractivity (Wildman–Crippen MR) is 84.4 cm³/mol. The van der Waals surface area contributed by atoms with E-state index >= 15 is 0 Å². The highest BCUT2D eigenvalue weighted by Gasteiger charge is 2.11. The summed E-state index contributed by atoms with van der Waals surface area (Å²) in [7, 11) is 0. The normalized spacial score (nSPS) is 11.0. The summed E-state index contributed by atoms with van der Waals surface area (Å²) < 4.78 is 19.9.